The molecule has 0 saturated carbocycles. The van der Waals surface area contributed by atoms with Crippen molar-refractivity contribution in [3.05, 3.63) is 45.3 Å². The standard InChI is InChI=1S/C15H18N6O2S/c1-2-12-17-14(19-18-12)11-9-20(3-5-23-11)8-10-7-13(22)21-4-6-24-15(21)16-10/h4,6-7,11H,2-3,5,8-9H2,1H3,(H,17,18,19)/t11-/m1/s1. The van der Waals surface area contributed by atoms with Crippen LogP contribution in [0.15, 0.2) is 22.4 Å². The number of morpholine rings is 1. The molecule has 0 aliphatic carbocycles. The van der Waals surface area contributed by atoms with Crippen LogP contribution >= 0.6 is 11.3 Å². The van der Waals surface area contributed by atoms with Crippen LogP contribution in [0.5, 0.6) is 0 Å². The van der Waals surface area contributed by atoms with Crippen molar-refractivity contribution in [1.82, 2.24) is 29.5 Å². The average Bonchev–Trinajstić information content (AvgIpc) is 3.24. The first-order chi connectivity index (χ1) is 11.7. The first-order valence-electron chi connectivity index (χ1n) is 7.94. The Bertz CT molecular complexity index is 901. The zero-order valence-electron chi connectivity index (χ0n) is 13.3. The number of H-pyrrole nitrogens is 1. The number of aryl methyl sites for hydroxylation is 1. The van der Waals surface area contributed by atoms with E-state index in [0.717, 1.165) is 29.4 Å². The van der Waals surface area contributed by atoms with Gasteiger partial charge in [0.05, 0.1) is 12.3 Å². The number of nitrogens with zero attached hydrogens (tertiary/aromatic N) is 5. The summed E-state index contributed by atoms with van der Waals surface area (Å²) in [4.78, 5) is 24.1. The molecule has 3 aromatic heterocycles. The molecule has 4 rings (SSSR count). The molecule has 1 saturated heterocycles. The third-order valence-corrected chi connectivity index (χ3v) is 4.82. The molecule has 0 unspecified atom stereocenters. The molecular weight excluding hydrogens is 328 g/mol. The van der Waals surface area contributed by atoms with Gasteiger partial charge in [0.15, 0.2) is 10.8 Å². The van der Waals surface area contributed by atoms with E-state index >= 15 is 0 Å². The molecule has 0 aromatic carbocycles. The van der Waals surface area contributed by atoms with Gasteiger partial charge in [-0.1, -0.05) is 6.92 Å². The van der Waals surface area contributed by atoms with Crippen molar-refractivity contribution in [2.45, 2.75) is 26.0 Å². The van der Waals surface area contributed by atoms with Crippen molar-refractivity contribution < 1.29 is 4.74 Å². The lowest BCUT2D eigenvalue weighted by atomic mass is 10.2. The van der Waals surface area contributed by atoms with E-state index in [9.17, 15) is 4.79 Å². The second-order valence-corrected chi connectivity index (χ2v) is 6.60. The molecule has 4 heterocycles. The fourth-order valence-electron chi connectivity index (χ4n) is 2.81. The highest BCUT2D eigenvalue weighted by Crippen LogP contribution is 2.20. The monoisotopic (exact) mass is 346 g/mol. The molecule has 1 fully saturated rings. The summed E-state index contributed by atoms with van der Waals surface area (Å²) in [5, 5.41) is 9.04. The number of aromatic amines is 1. The lowest BCUT2D eigenvalue weighted by Gasteiger charge is -2.31. The fraction of sp³-hybridized carbons (Fsp3) is 0.467. The Morgan fingerprint density at radius 1 is 1.46 bits per heavy atom. The van der Waals surface area contributed by atoms with Crippen molar-refractivity contribution >= 4 is 16.3 Å². The van der Waals surface area contributed by atoms with Gasteiger partial charge < -0.3 is 4.74 Å². The van der Waals surface area contributed by atoms with Gasteiger partial charge in [0.2, 0.25) is 0 Å². The number of hydrogen-bond donors (Lipinski definition) is 1. The maximum atomic E-state index is 12.1. The number of fused-ring (bicyclic) bond motifs is 1. The van der Waals surface area contributed by atoms with E-state index in [1.807, 2.05) is 12.3 Å². The molecule has 0 amide bonds. The van der Waals surface area contributed by atoms with Gasteiger partial charge in [0.1, 0.15) is 11.9 Å². The van der Waals surface area contributed by atoms with Gasteiger partial charge in [0, 0.05) is 43.7 Å². The van der Waals surface area contributed by atoms with E-state index in [0.29, 0.717) is 25.5 Å². The molecule has 1 N–H and O–H groups in total. The van der Waals surface area contributed by atoms with Crippen LogP contribution in [0.3, 0.4) is 0 Å². The SMILES string of the molecule is CCc1nc([C@H]2CN(Cc3cc(=O)n4ccsc4n3)CCO2)n[nH]1. The minimum Gasteiger partial charge on any atom is -0.367 e. The van der Waals surface area contributed by atoms with E-state index in [1.165, 1.54) is 11.3 Å². The first-order valence-corrected chi connectivity index (χ1v) is 8.82. The Kier molecular flexibility index (Phi) is 4.13. The van der Waals surface area contributed by atoms with Crippen LogP contribution < -0.4 is 5.56 Å². The lowest BCUT2D eigenvalue weighted by molar-refractivity contribution is -0.0374. The predicted octanol–water partition coefficient (Wildman–Crippen LogP) is 1.01. The molecule has 3 aromatic rings. The molecule has 1 aliphatic rings. The van der Waals surface area contributed by atoms with Gasteiger partial charge >= 0.3 is 0 Å². The van der Waals surface area contributed by atoms with Crippen LogP contribution in [0.2, 0.25) is 0 Å². The zero-order valence-corrected chi connectivity index (χ0v) is 14.1. The highest BCUT2D eigenvalue weighted by Gasteiger charge is 2.25. The van der Waals surface area contributed by atoms with Gasteiger partial charge in [0.25, 0.3) is 5.56 Å². The van der Waals surface area contributed by atoms with Crippen LogP contribution in [0.1, 0.15) is 30.4 Å². The Morgan fingerprint density at radius 2 is 2.38 bits per heavy atom. The molecule has 9 heteroatoms. The second kappa shape index (κ2) is 6.42. The topological polar surface area (TPSA) is 88.4 Å². The summed E-state index contributed by atoms with van der Waals surface area (Å²) in [6, 6.07) is 1.60. The summed E-state index contributed by atoms with van der Waals surface area (Å²) >= 11 is 1.46. The summed E-state index contributed by atoms with van der Waals surface area (Å²) in [6.07, 6.45) is 2.41. The number of hydrogen-bond acceptors (Lipinski definition) is 7. The van der Waals surface area contributed by atoms with Gasteiger partial charge in [-0.3, -0.25) is 19.2 Å². The number of aromatic nitrogens is 5. The normalized spacial score (nSPS) is 19.1. The van der Waals surface area contributed by atoms with Gasteiger partial charge in [-0.25, -0.2) is 9.97 Å². The maximum Gasteiger partial charge on any atom is 0.258 e. The Hall–Kier alpha value is -2.10. The summed E-state index contributed by atoms with van der Waals surface area (Å²) in [5.41, 5.74) is 0.745. The average molecular weight is 346 g/mol. The summed E-state index contributed by atoms with van der Waals surface area (Å²) < 4.78 is 7.37. The second-order valence-electron chi connectivity index (χ2n) is 5.73. The third kappa shape index (κ3) is 2.97. The molecule has 8 nitrogen and oxygen atoms in total. The van der Waals surface area contributed by atoms with Crippen LogP contribution in [0, 0.1) is 0 Å². The van der Waals surface area contributed by atoms with Gasteiger partial charge in [-0.2, -0.15) is 5.10 Å². The molecule has 0 radical (unpaired) electrons. The van der Waals surface area contributed by atoms with Crippen molar-refractivity contribution in [1.29, 1.82) is 0 Å². The Balaban J connectivity index is 1.50. The van der Waals surface area contributed by atoms with Crippen molar-refractivity contribution in [3.8, 4) is 0 Å². The minimum absolute atomic E-state index is 0.0392. The number of rotatable bonds is 4. The van der Waals surface area contributed by atoms with E-state index in [1.54, 1.807) is 16.7 Å². The molecule has 1 aliphatic heterocycles. The number of ether oxygens (including phenoxy) is 1. The minimum atomic E-state index is -0.151. The van der Waals surface area contributed by atoms with E-state index in [2.05, 4.69) is 25.1 Å². The Morgan fingerprint density at radius 3 is 3.21 bits per heavy atom. The predicted molar refractivity (Wildman–Crippen MR) is 89.1 cm³/mol. The third-order valence-electron chi connectivity index (χ3n) is 4.06. The van der Waals surface area contributed by atoms with Crippen LogP contribution in [-0.4, -0.2) is 49.2 Å². The Labute approximate surface area is 142 Å². The van der Waals surface area contributed by atoms with Gasteiger partial charge in [-0.05, 0) is 0 Å². The highest BCUT2D eigenvalue weighted by atomic mass is 32.1. The molecule has 24 heavy (non-hydrogen) atoms. The van der Waals surface area contributed by atoms with Crippen LogP contribution in [-0.2, 0) is 17.7 Å². The summed E-state index contributed by atoms with van der Waals surface area (Å²) in [7, 11) is 0. The first kappa shape index (κ1) is 15.4. The molecule has 0 bridgehead atoms. The van der Waals surface area contributed by atoms with E-state index < -0.39 is 0 Å². The van der Waals surface area contributed by atoms with Crippen LogP contribution in [0.4, 0.5) is 0 Å². The number of nitrogens with one attached hydrogen (secondary N) is 1. The maximum absolute atomic E-state index is 12.1. The van der Waals surface area contributed by atoms with Crippen LogP contribution in [0.25, 0.3) is 4.96 Å². The number of thiazole rings is 1. The van der Waals surface area contributed by atoms with Gasteiger partial charge in [-0.15, -0.1) is 11.3 Å². The van der Waals surface area contributed by atoms with Crippen molar-refractivity contribution in [2.75, 3.05) is 19.7 Å². The van der Waals surface area contributed by atoms with E-state index in [4.69, 9.17) is 4.74 Å². The van der Waals surface area contributed by atoms with Crippen molar-refractivity contribution in [2.24, 2.45) is 0 Å². The summed E-state index contributed by atoms with van der Waals surface area (Å²) in [6.45, 7) is 4.75. The lowest BCUT2D eigenvalue weighted by Crippen LogP contribution is -2.38. The highest BCUT2D eigenvalue weighted by molar-refractivity contribution is 7.15. The smallest absolute Gasteiger partial charge is 0.258 e. The zero-order chi connectivity index (χ0) is 16.5. The molecular formula is C15H18N6O2S. The van der Waals surface area contributed by atoms with Crippen molar-refractivity contribution in [3.63, 3.8) is 0 Å². The molecule has 1 atom stereocenters. The molecule has 126 valence electrons. The largest absolute Gasteiger partial charge is 0.367 e. The molecule has 0 spiro atoms. The van der Waals surface area contributed by atoms with E-state index in [-0.39, 0.29) is 11.7 Å². The summed E-state index contributed by atoms with van der Waals surface area (Å²) in [5.74, 6) is 1.56. The quantitative estimate of drug-likeness (QED) is 0.758. The fourth-order valence-corrected chi connectivity index (χ4v) is 3.55.